The number of ether oxygens (including phenoxy) is 1. The molecule has 28 heavy (non-hydrogen) atoms. The number of likely N-dealkylation sites (N-methyl/N-ethyl adjacent to an activating group) is 1. The van der Waals surface area contributed by atoms with Gasteiger partial charge in [0.15, 0.2) is 0 Å². The molecule has 0 N–H and O–H groups in total. The standard InChI is InChI=1S/C24H32N2O2/c1-25(19-22-8-9-22)16-17-26(15-14-20-6-4-3-5-7-20)24(27)18-21-10-12-23(28-2)13-11-21/h3-7,10-13,22H,8-9,14-19H2,1-2H3. The van der Waals surface area contributed by atoms with Crippen LogP contribution in [0.25, 0.3) is 0 Å². The Morgan fingerprint density at radius 3 is 2.32 bits per heavy atom. The van der Waals surface area contributed by atoms with Crippen molar-refractivity contribution < 1.29 is 9.53 Å². The molecule has 0 atom stereocenters. The van der Waals surface area contributed by atoms with E-state index in [1.807, 2.05) is 35.2 Å². The van der Waals surface area contributed by atoms with Gasteiger partial charge in [-0.15, -0.1) is 0 Å². The maximum Gasteiger partial charge on any atom is 0.227 e. The summed E-state index contributed by atoms with van der Waals surface area (Å²) < 4.78 is 5.21. The lowest BCUT2D eigenvalue weighted by molar-refractivity contribution is -0.130. The maximum absolute atomic E-state index is 13.0. The first kappa shape index (κ1) is 20.4. The van der Waals surface area contributed by atoms with Gasteiger partial charge < -0.3 is 14.5 Å². The van der Waals surface area contributed by atoms with Crippen LogP contribution in [0, 0.1) is 5.92 Å². The summed E-state index contributed by atoms with van der Waals surface area (Å²) >= 11 is 0. The molecule has 1 fully saturated rings. The second kappa shape index (κ2) is 10.3. The molecule has 0 aromatic heterocycles. The van der Waals surface area contributed by atoms with Crippen LogP contribution in [0.1, 0.15) is 24.0 Å². The predicted octanol–water partition coefficient (Wildman–Crippen LogP) is 3.65. The van der Waals surface area contributed by atoms with Gasteiger partial charge in [0, 0.05) is 26.2 Å². The number of carbonyl (C=O) groups excluding carboxylic acids is 1. The lowest BCUT2D eigenvalue weighted by Crippen LogP contribution is -2.40. The van der Waals surface area contributed by atoms with Gasteiger partial charge in [0.1, 0.15) is 5.75 Å². The first-order valence-electron chi connectivity index (χ1n) is 10.3. The second-order valence-corrected chi connectivity index (χ2v) is 7.85. The summed E-state index contributed by atoms with van der Waals surface area (Å²) in [5.74, 6) is 1.89. The van der Waals surface area contributed by atoms with E-state index in [-0.39, 0.29) is 5.91 Å². The molecule has 150 valence electrons. The molecule has 3 rings (SSSR count). The van der Waals surface area contributed by atoms with Gasteiger partial charge in [0.05, 0.1) is 13.5 Å². The van der Waals surface area contributed by atoms with E-state index < -0.39 is 0 Å². The molecule has 1 amide bonds. The van der Waals surface area contributed by atoms with Crippen molar-refractivity contribution in [2.45, 2.75) is 25.7 Å². The Hall–Kier alpha value is -2.33. The molecular formula is C24H32N2O2. The third-order valence-electron chi connectivity index (χ3n) is 5.40. The molecule has 1 saturated carbocycles. The lowest BCUT2D eigenvalue weighted by atomic mass is 10.1. The molecule has 0 heterocycles. The molecule has 4 heteroatoms. The van der Waals surface area contributed by atoms with Crippen LogP contribution in [0.4, 0.5) is 0 Å². The normalized spacial score (nSPS) is 13.5. The summed E-state index contributed by atoms with van der Waals surface area (Å²) in [6.07, 6.45) is 4.05. The SMILES string of the molecule is COc1ccc(CC(=O)N(CCc2ccccc2)CCN(C)CC2CC2)cc1. The minimum Gasteiger partial charge on any atom is -0.497 e. The zero-order valence-electron chi connectivity index (χ0n) is 17.1. The van der Waals surface area contributed by atoms with E-state index in [2.05, 4.69) is 36.2 Å². The Bertz CT molecular complexity index is 726. The van der Waals surface area contributed by atoms with Gasteiger partial charge in [-0.05, 0) is 55.5 Å². The van der Waals surface area contributed by atoms with Crippen molar-refractivity contribution >= 4 is 5.91 Å². The van der Waals surface area contributed by atoms with Gasteiger partial charge in [-0.1, -0.05) is 42.5 Å². The van der Waals surface area contributed by atoms with Crippen LogP contribution in [0.5, 0.6) is 5.75 Å². The van der Waals surface area contributed by atoms with Gasteiger partial charge in [-0.25, -0.2) is 0 Å². The average molecular weight is 381 g/mol. The molecule has 0 saturated heterocycles. The van der Waals surface area contributed by atoms with Gasteiger partial charge in [-0.2, -0.15) is 0 Å². The minimum absolute atomic E-state index is 0.195. The number of hydrogen-bond acceptors (Lipinski definition) is 3. The summed E-state index contributed by atoms with van der Waals surface area (Å²) in [5.41, 5.74) is 2.30. The highest BCUT2D eigenvalue weighted by Crippen LogP contribution is 2.29. The molecule has 1 aliphatic rings. The Balaban J connectivity index is 1.57. The van der Waals surface area contributed by atoms with Gasteiger partial charge >= 0.3 is 0 Å². The fourth-order valence-corrected chi connectivity index (χ4v) is 3.42. The van der Waals surface area contributed by atoms with E-state index >= 15 is 0 Å². The third kappa shape index (κ3) is 6.68. The lowest BCUT2D eigenvalue weighted by Gasteiger charge is -2.26. The topological polar surface area (TPSA) is 32.8 Å². The van der Waals surface area contributed by atoms with E-state index in [0.717, 1.165) is 49.8 Å². The summed E-state index contributed by atoms with van der Waals surface area (Å²) in [6, 6.07) is 18.2. The Kier molecular flexibility index (Phi) is 7.49. The van der Waals surface area contributed by atoms with Gasteiger partial charge in [0.25, 0.3) is 0 Å². The van der Waals surface area contributed by atoms with E-state index in [1.165, 1.54) is 18.4 Å². The summed E-state index contributed by atoms with van der Waals surface area (Å²) in [5, 5.41) is 0. The van der Waals surface area contributed by atoms with Crippen LogP contribution in [0.3, 0.4) is 0 Å². The van der Waals surface area contributed by atoms with Crippen LogP contribution in [0.2, 0.25) is 0 Å². The highest BCUT2D eigenvalue weighted by molar-refractivity contribution is 5.78. The highest BCUT2D eigenvalue weighted by atomic mass is 16.5. The van der Waals surface area contributed by atoms with E-state index in [0.29, 0.717) is 6.42 Å². The predicted molar refractivity (Wildman–Crippen MR) is 114 cm³/mol. The molecule has 0 bridgehead atoms. The molecule has 4 nitrogen and oxygen atoms in total. The van der Waals surface area contributed by atoms with Crippen LogP contribution >= 0.6 is 0 Å². The zero-order valence-corrected chi connectivity index (χ0v) is 17.1. The smallest absolute Gasteiger partial charge is 0.227 e. The first-order valence-corrected chi connectivity index (χ1v) is 10.3. The van der Waals surface area contributed by atoms with Crippen molar-refractivity contribution in [1.82, 2.24) is 9.80 Å². The summed E-state index contributed by atoms with van der Waals surface area (Å²) in [6.45, 7) is 3.63. The highest BCUT2D eigenvalue weighted by Gasteiger charge is 2.23. The monoisotopic (exact) mass is 380 g/mol. The summed E-state index contributed by atoms with van der Waals surface area (Å²) in [7, 11) is 3.82. The number of nitrogens with zero attached hydrogens (tertiary/aromatic N) is 2. The summed E-state index contributed by atoms with van der Waals surface area (Å²) in [4.78, 5) is 17.4. The number of methoxy groups -OCH3 is 1. The average Bonchev–Trinajstić information content (AvgIpc) is 3.53. The van der Waals surface area contributed by atoms with E-state index in [4.69, 9.17) is 4.74 Å². The molecule has 2 aromatic carbocycles. The van der Waals surface area contributed by atoms with Crippen LogP contribution in [-0.2, 0) is 17.6 Å². The Morgan fingerprint density at radius 2 is 1.68 bits per heavy atom. The van der Waals surface area contributed by atoms with Crippen molar-refractivity contribution in [3.63, 3.8) is 0 Å². The van der Waals surface area contributed by atoms with Crippen molar-refractivity contribution in [2.75, 3.05) is 40.3 Å². The molecule has 0 radical (unpaired) electrons. The Labute approximate surface area is 169 Å². The van der Waals surface area contributed by atoms with Gasteiger partial charge in [-0.3, -0.25) is 4.79 Å². The number of amides is 1. The molecule has 2 aromatic rings. The van der Waals surface area contributed by atoms with Crippen molar-refractivity contribution in [1.29, 1.82) is 0 Å². The van der Waals surface area contributed by atoms with Crippen LogP contribution in [-0.4, -0.2) is 56.0 Å². The van der Waals surface area contributed by atoms with E-state index in [9.17, 15) is 4.79 Å². The first-order chi connectivity index (χ1) is 13.6. The number of carbonyl (C=O) groups is 1. The molecule has 0 aliphatic heterocycles. The largest absolute Gasteiger partial charge is 0.497 e. The second-order valence-electron chi connectivity index (χ2n) is 7.85. The van der Waals surface area contributed by atoms with Crippen LogP contribution < -0.4 is 4.74 Å². The van der Waals surface area contributed by atoms with Crippen molar-refractivity contribution in [3.05, 3.63) is 65.7 Å². The quantitative estimate of drug-likeness (QED) is 0.597. The minimum atomic E-state index is 0.195. The number of benzene rings is 2. The van der Waals surface area contributed by atoms with Crippen molar-refractivity contribution in [2.24, 2.45) is 5.92 Å². The molecular weight excluding hydrogens is 348 g/mol. The molecule has 0 spiro atoms. The number of rotatable bonds is 11. The maximum atomic E-state index is 13.0. The zero-order chi connectivity index (χ0) is 19.8. The third-order valence-corrected chi connectivity index (χ3v) is 5.40. The fourth-order valence-electron chi connectivity index (χ4n) is 3.42. The van der Waals surface area contributed by atoms with Gasteiger partial charge in [0.2, 0.25) is 5.91 Å². The molecule has 1 aliphatic carbocycles. The van der Waals surface area contributed by atoms with Crippen molar-refractivity contribution in [3.8, 4) is 5.75 Å². The fraction of sp³-hybridized carbons (Fsp3) is 0.458. The Morgan fingerprint density at radius 1 is 0.964 bits per heavy atom. The molecule has 0 unspecified atom stereocenters. The number of hydrogen-bond donors (Lipinski definition) is 0. The van der Waals surface area contributed by atoms with Crippen LogP contribution in [0.15, 0.2) is 54.6 Å². The van der Waals surface area contributed by atoms with E-state index in [1.54, 1.807) is 7.11 Å².